The third-order valence-corrected chi connectivity index (χ3v) is 4.91. The van der Waals surface area contributed by atoms with E-state index in [2.05, 4.69) is 4.90 Å². The van der Waals surface area contributed by atoms with Crippen LogP contribution in [-0.4, -0.2) is 30.3 Å². The molecular weight excluding hydrogens is 281 g/mol. The number of hydrogen-bond acceptors (Lipinski definition) is 2. The summed E-state index contributed by atoms with van der Waals surface area (Å²) in [6.45, 7) is 0. The molecule has 0 radical (unpaired) electrons. The summed E-state index contributed by atoms with van der Waals surface area (Å²) in [6, 6.07) is 5.37. The number of benzene rings is 1. The molecule has 1 aromatic carbocycles. The average molecular weight is 300 g/mol. The molecule has 1 aromatic rings. The molecule has 2 rings (SSSR count). The number of likely N-dealkylation sites (N-methyl/N-ethyl adjacent to an activating group) is 1. The Morgan fingerprint density at radius 1 is 1.21 bits per heavy atom. The standard InChI is InChI=1S/C15H19Cl2NO/c1-18(2)15(8-3-4-9-15)14(19)10-11-12(16)6-5-7-13(11)17/h5-7H,3-4,8-10H2,1-2H3. The van der Waals surface area contributed by atoms with Gasteiger partial charge in [0.1, 0.15) is 0 Å². The van der Waals surface area contributed by atoms with Gasteiger partial charge in [-0.05, 0) is 44.6 Å². The summed E-state index contributed by atoms with van der Waals surface area (Å²) in [7, 11) is 3.97. The molecule has 0 heterocycles. The Labute approximate surface area is 124 Å². The Morgan fingerprint density at radius 2 is 1.74 bits per heavy atom. The Kier molecular flexibility index (Phi) is 4.54. The molecule has 1 saturated carbocycles. The van der Waals surface area contributed by atoms with E-state index in [1.165, 1.54) is 0 Å². The molecule has 1 aliphatic carbocycles. The second-order valence-electron chi connectivity index (χ2n) is 5.43. The number of Topliss-reactive ketones (excluding diaryl/α,β-unsaturated/α-hetero) is 1. The second kappa shape index (κ2) is 5.82. The van der Waals surface area contributed by atoms with Gasteiger partial charge in [0.25, 0.3) is 0 Å². The topological polar surface area (TPSA) is 20.3 Å². The number of halogens is 2. The van der Waals surface area contributed by atoms with Crippen molar-refractivity contribution in [2.75, 3.05) is 14.1 Å². The summed E-state index contributed by atoms with van der Waals surface area (Å²) in [6.07, 6.45) is 4.40. The highest BCUT2D eigenvalue weighted by molar-refractivity contribution is 6.36. The van der Waals surface area contributed by atoms with Crippen LogP contribution < -0.4 is 0 Å². The van der Waals surface area contributed by atoms with E-state index in [0.29, 0.717) is 16.5 Å². The zero-order valence-corrected chi connectivity index (χ0v) is 12.9. The van der Waals surface area contributed by atoms with E-state index in [1.54, 1.807) is 18.2 Å². The first-order chi connectivity index (χ1) is 8.97. The van der Waals surface area contributed by atoms with Gasteiger partial charge in [0.05, 0.1) is 5.54 Å². The van der Waals surface area contributed by atoms with Crippen molar-refractivity contribution in [1.29, 1.82) is 0 Å². The number of carbonyl (C=O) groups is 1. The lowest BCUT2D eigenvalue weighted by molar-refractivity contribution is -0.128. The number of hydrogen-bond donors (Lipinski definition) is 0. The third-order valence-electron chi connectivity index (χ3n) is 4.20. The van der Waals surface area contributed by atoms with Crippen LogP contribution in [0.25, 0.3) is 0 Å². The first-order valence-corrected chi connectivity index (χ1v) is 7.36. The van der Waals surface area contributed by atoms with Crippen molar-refractivity contribution in [3.05, 3.63) is 33.8 Å². The van der Waals surface area contributed by atoms with Crippen molar-refractivity contribution in [2.45, 2.75) is 37.6 Å². The fourth-order valence-corrected chi connectivity index (χ4v) is 3.49. The predicted octanol–water partition coefficient (Wildman–Crippen LogP) is 3.98. The van der Waals surface area contributed by atoms with Crippen molar-refractivity contribution < 1.29 is 4.79 Å². The summed E-state index contributed by atoms with van der Waals surface area (Å²) in [5.41, 5.74) is 0.423. The maximum Gasteiger partial charge on any atom is 0.157 e. The zero-order valence-electron chi connectivity index (χ0n) is 11.4. The van der Waals surface area contributed by atoms with Crippen molar-refractivity contribution >= 4 is 29.0 Å². The smallest absolute Gasteiger partial charge is 0.157 e. The molecule has 0 aromatic heterocycles. The average Bonchev–Trinajstić information content (AvgIpc) is 2.84. The summed E-state index contributed by atoms with van der Waals surface area (Å²) in [5.74, 6) is 0.227. The first kappa shape index (κ1) is 14.8. The van der Waals surface area contributed by atoms with Gasteiger partial charge in [-0.3, -0.25) is 9.69 Å². The highest BCUT2D eigenvalue weighted by Gasteiger charge is 2.42. The van der Waals surface area contributed by atoms with Gasteiger partial charge in [0.2, 0.25) is 0 Å². The minimum absolute atomic E-state index is 0.227. The molecular formula is C15H19Cl2NO. The monoisotopic (exact) mass is 299 g/mol. The Hall–Kier alpha value is -0.570. The number of rotatable bonds is 4. The van der Waals surface area contributed by atoms with E-state index in [9.17, 15) is 4.79 Å². The molecule has 0 spiro atoms. The lowest BCUT2D eigenvalue weighted by Gasteiger charge is -2.35. The summed E-state index contributed by atoms with van der Waals surface area (Å²) >= 11 is 12.3. The molecule has 0 N–H and O–H groups in total. The van der Waals surface area contributed by atoms with E-state index >= 15 is 0 Å². The maximum absolute atomic E-state index is 12.7. The lowest BCUT2D eigenvalue weighted by Crippen LogP contribution is -2.49. The Bertz CT molecular complexity index is 459. The van der Waals surface area contributed by atoms with Crippen LogP contribution in [0.2, 0.25) is 10.0 Å². The van der Waals surface area contributed by atoms with Crippen LogP contribution in [0, 0.1) is 0 Å². The normalized spacial score (nSPS) is 17.9. The molecule has 1 aliphatic rings. The van der Waals surface area contributed by atoms with Gasteiger partial charge in [-0.25, -0.2) is 0 Å². The lowest BCUT2D eigenvalue weighted by atomic mass is 9.87. The van der Waals surface area contributed by atoms with Gasteiger partial charge in [-0.15, -0.1) is 0 Å². The second-order valence-corrected chi connectivity index (χ2v) is 6.25. The predicted molar refractivity (Wildman–Crippen MR) is 80.1 cm³/mol. The molecule has 4 heteroatoms. The largest absolute Gasteiger partial charge is 0.297 e. The molecule has 0 atom stereocenters. The van der Waals surface area contributed by atoms with E-state index in [-0.39, 0.29) is 11.3 Å². The molecule has 0 aliphatic heterocycles. The van der Waals surface area contributed by atoms with Gasteiger partial charge >= 0.3 is 0 Å². The SMILES string of the molecule is CN(C)C1(C(=O)Cc2c(Cl)cccc2Cl)CCCC1. The van der Waals surface area contributed by atoms with E-state index in [1.807, 2.05) is 14.1 Å². The Morgan fingerprint density at radius 3 is 2.21 bits per heavy atom. The van der Waals surface area contributed by atoms with E-state index in [0.717, 1.165) is 31.2 Å². The maximum atomic E-state index is 12.7. The van der Waals surface area contributed by atoms with Gasteiger partial charge in [-0.1, -0.05) is 42.1 Å². The first-order valence-electron chi connectivity index (χ1n) is 6.61. The van der Waals surface area contributed by atoms with Crippen molar-refractivity contribution in [3.8, 4) is 0 Å². The summed E-state index contributed by atoms with van der Waals surface area (Å²) in [4.78, 5) is 14.8. The van der Waals surface area contributed by atoms with Crippen LogP contribution in [0.4, 0.5) is 0 Å². The minimum Gasteiger partial charge on any atom is -0.297 e. The number of carbonyl (C=O) groups excluding carboxylic acids is 1. The summed E-state index contributed by atoms with van der Waals surface area (Å²) < 4.78 is 0. The molecule has 0 saturated heterocycles. The van der Waals surface area contributed by atoms with Gasteiger partial charge < -0.3 is 0 Å². The van der Waals surface area contributed by atoms with Gasteiger partial charge in [-0.2, -0.15) is 0 Å². The number of nitrogens with zero attached hydrogens (tertiary/aromatic N) is 1. The van der Waals surface area contributed by atoms with E-state index in [4.69, 9.17) is 23.2 Å². The quantitative estimate of drug-likeness (QED) is 0.838. The van der Waals surface area contributed by atoms with Crippen LogP contribution in [0.15, 0.2) is 18.2 Å². The highest BCUT2D eigenvalue weighted by Crippen LogP contribution is 2.36. The third kappa shape index (κ3) is 2.81. The van der Waals surface area contributed by atoms with Gasteiger partial charge in [0, 0.05) is 16.5 Å². The molecule has 19 heavy (non-hydrogen) atoms. The van der Waals surface area contributed by atoms with Crippen molar-refractivity contribution in [3.63, 3.8) is 0 Å². The fraction of sp³-hybridized carbons (Fsp3) is 0.533. The van der Waals surface area contributed by atoms with Gasteiger partial charge in [0.15, 0.2) is 5.78 Å². The zero-order chi connectivity index (χ0) is 14.0. The van der Waals surface area contributed by atoms with Crippen LogP contribution >= 0.6 is 23.2 Å². The summed E-state index contributed by atoms with van der Waals surface area (Å²) in [5, 5.41) is 1.15. The van der Waals surface area contributed by atoms with Crippen LogP contribution in [0.3, 0.4) is 0 Å². The Balaban J connectivity index is 2.25. The molecule has 0 unspecified atom stereocenters. The molecule has 0 amide bonds. The minimum atomic E-state index is -0.331. The molecule has 0 bridgehead atoms. The highest BCUT2D eigenvalue weighted by atomic mass is 35.5. The molecule has 104 valence electrons. The number of ketones is 1. The van der Waals surface area contributed by atoms with Crippen LogP contribution in [0.1, 0.15) is 31.2 Å². The van der Waals surface area contributed by atoms with Crippen LogP contribution in [-0.2, 0) is 11.2 Å². The van der Waals surface area contributed by atoms with E-state index < -0.39 is 0 Å². The fourth-order valence-electron chi connectivity index (χ4n) is 2.96. The van der Waals surface area contributed by atoms with Crippen molar-refractivity contribution in [1.82, 2.24) is 4.90 Å². The van der Waals surface area contributed by atoms with Crippen molar-refractivity contribution in [2.24, 2.45) is 0 Å². The molecule has 1 fully saturated rings. The molecule has 2 nitrogen and oxygen atoms in total. The van der Waals surface area contributed by atoms with Crippen LogP contribution in [0.5, 0.6) is 0 Å².